The lowest BCUT2D eigenvalue weighted by molar-refractivity contribution is -0.137. The first kappa shape index (κ1) is 19.1. The Hall–Kier alpha value is -2.22. The van der Waals surface area contributed by atoms with Crippen LogP contribution < -0.4 is 5.32 Å². The molecule has 1 heterocycles. The number of hydrogen-bond acceptors (Lipinski definition) is 3. The number of aliphatic carboxylic acids is 1. The highest BCUT2D eigenvalue weighted by Gasteiger charge is 2.29. The molecule has 1 aromatic rings. The summed E-state index contributed by atoms with van der Waals surface area (Å²) in [5.41, 5.74) is -0.0587. The lowest BCUT2D eigenvalue weighted by Gasteiger charge is -2.34. The molecule has 1 atom stereocenters. The molecule has 1 aliphatic rings. The zero-order valence-corrected chi connectivity index (χ0v) is 13.8. The van der Waals surface area contributed by atoms with Gasteiger partial charge < -0.3 is 20.4 Å². The van der Waals surface area contributed by atoms with E-state index in [0.29, 0.717) is 32.4 Å². The smallest absolute Gasteiger partial charge is 0.317 e. The number of carbonyl (C=O) groups is 2. The molecule has 138 valence electrons. The highest BCUT2D eigenvalue weighted by atomic mass is 19.1. The van der Waals surface area contributed by atoms with Gasteiger partial charge in [0.15, 0.2) is 0 Å². The van der Waals surface area contributed by atoms with Crippen LogP contribution in [0.4, 0.5) is 13.6 Å². The average molecular weight is 356 g/mol. The van der Waals surface area contributed by atoms with Crippen LogP contribution >= 0.6 is 0 Å². The van der Waals surface area contributed by atoms with Gasteiger partial charge in [-0.3, -0.25) is 4.79 Å². The second-order valence-corrected chi connectivity index (χ2v) is 6.16. The van der Waals surface area contributed by atoms with Gasteiger partial charge in [-0.05, 0) is 43.4 Å². The summed E-state index contributed by atoms with van der Waals surface area (Å²) in [5.74, 6) is -2.41. The van der Waals surface area contributed by atoms with Gasteiger partial charge >= 0.3 is 12.0 Å². The summed E-state index contributed by atoms with van der Waals surface area (Å²) in [5, 5.41) is 21.5. The van der Waals surface area contributed by atoms with Gasteiger partial charge in [0, 0.05) is 31.6 Å². The van der Waals surface area contributed by atoms with E-state index in [-0.39, 0.29) is 30.5 Å². The van der Waals surface area contributed by atoms with Gasteiger partial charge in [0.2, 0.25) is 0 Å². The summed E-state index contributed by atoms with van der Waals surface area (Å²) in [6.45, 7) is 1.06. The fraction of sp³-hybridized carbons (Fsp3) is 0.529. The molecule has 2 rings (SSSR count). The summed E-state index contributed by atoms with van der Waals surface area (Å²) in [6.07, 6.45) is 0.179. The Morgan fingerprint density at radius 3 is 2.60 bits per heavy atom. The van der Waals surface area contributed by atoms with Crippen molar-refractivity contribution in [2.75, 3.05) is 19.6 Å². The number of rotatable bonds is 6. The lowest BCUT2D eigenvalue weighted by atomic mass is 9.87. The van der Waals surface area contributed by atoms with Crippen molar-refractivity contribution in [3.05, 3.63) is 35.4 Å². The highest BCUT2D eigenvalue weighted by Crippen LogP contribution is 2.32. The van der Waals surface area contributed by atoms with Gasteiger partial charge in [-0.25, -0.2) is 13.6 Å². The highest BCUT2D eigenvalue weighted by molar-refractivity contribution is 5.74. The fourth-order valence-corrected chi connectivity index (χ4v) is 2.96. The van der Waals surface area contributed by atoms with Gasteiger partial charge in [0.1, 0.15) is 11.6 Å². The van der Waals surface area contributed by atoms with Crippen LogP contribution in [0.15, 0.2) is 18.2 Å². The molecule has 0 bridgehead atoms. The van der Waals surface area contributed by atoms with E-state index in [1.54, 1.807) is 4.90 Å². The predicted octanol–water partition coefficient (Wildman–Crippen LogP) is 2.28. The number of aliphatic hydroxyl groups excluding tert-OH is 1. The van der Waals surface area contributed by atoms with Crippen LogP contribution in [-0.2, 0) is 4.79 Å². The molecule has 3 N–H and O–H groups in total. The lowest BCUT2D eigenvalue weighted by Crippen LogP contribution is -2.45. The van der Waals surface area contributed by atoms with E-state index in [1.807, 2.05) is 0 Å². The summed E-state index contributed by atoms with van der Waals surface area (Å²) in [6, 6.07) is 2.72. The van der Waals surface area contributed by atoms with E-state index in [2.05, 4.69) is 5.32 Å². The molecule has 1 unspecified atom stereocenters. The zero-order chi connectivity index (χ0) is 18.4. The third kappa shape index (κ3) is 5.38. The summed E-state index contributed by atoms with van der Waals surface area (Å²) < 4.78 is 27.0. The predicted molar refractivity (Wildman–Crippen MR) is 85.9 cm³/mol. The SMILES string of the molecule is O=C(O)CCCNC(=O)N1CCC(C(O)c2cc(F)ccc2F)CC1. The van der Waals surface area contributed by atoms with Gasteiger partial charge in [0.05, 0.1) is 6.10 Å². The number of aliphatic hydroxyl groups is 1. The van der Waals surface area contributed by atoms with Crippen LogP contribution in [0.5, 0.6) is 0 Å². The van der Waals surface area contributed by atoms with E-state index < -0.39 is 23.7 Å². The number of carboxylic acid groups (broad SMARTS) is 1. The number of nitrogens with zero attached hydrogens (tertiary/aromatic N) is 1. The van der Waals surface area contributed by atoms with E-state index >= 15 is 0 Å². The van der Waals surface area contributed by atoms with Crippen LogP contribution in [0.3, 0.4) is 0 Å². The number of benzene rings is 1. The Morgan fingerprint density at radius 2 is 1.96 bits per heavy atom. The average Bonchev–Trinajstić information content (AvgIpc) is 2.60. The van der Waals surface area contributed by atoms with Gasteiger partial charge in [0.25, 0.3) is 0 Å². The first-order chi connectivity index (χ1) is 11.9. The number of likely N-dealkylation sites (tertiary alicyclic amines) is 1. The van der Waals surface area contributed by atoms with Crippen molar-refractivity contribution in [3.63, 3.8) is 0 Å². The molecule has 0 radical (unpaired) electrons. The zero-order valence-electron chi connectivity index (χ0n) is 13.8. The Balaban J connectivity index is 1.81. The summed E-state index contributed by atoms with van der Waals surface area (Å²) in [7, 11) is 0. The number of carboxylic acids is 1. The third-order valence-corrected chi connectivity index (χ3v) is 4.39. The Bertz CT molecular complexity index is 619. The normalized spacial score (nSPS) is 16.5. The van der Waals surface area contributed by atoms with Crippen LogP contribution in [0, 0.1) is 17.6 Å². The summed E-state index contributed by atoms with van der Waals surface area (Å²) >= 11 is 0. The largest absolute Gasteiger partial charge is 0.481 e. The molecular formula is C17H22F2N2O4. The number of halogens is 2. The molecule has 25 heavy (non-hydrogen) atoms. The van der Waals surface area contributed by atoms with Gasteiger partial charge in [-0.2, -0.15) is 0 Å². The van der Waals surface area contributed by atoms with Crippen LogP contribution in [0.2, 0.25) is 0 Å². The monoisotopic (exact) mass is 356 g/mol. The molecule has 0 spiro atoms. The molecule has 8 heteroatoms. The first-order valence-electron chi connectivity index (χ1n) is 8.26. The number of piperidine rings is 1. The number of carbonyl (C=O) groups excluding carboxylic acids is 1. The van der Waals surface area contributed by atoms with E-state index in [0.717, 1.165) is 18.2 Å². The van der Waals surface area contributed by atoms with Crippen molar-refractivity contribution < 1.29 is 28.6 Å². The van der Waals surface area contributed by atoms with Crippen LogP contribution in [0.1, 0.15) is 37.4 Å². The number of hydrogen-bond donors (Lipinski definition) is 3. The Labute approximate surface area is 144 Å². The second kappa shape index (κ2) is 8.75. The third-order valence-electron chi connectivity index (χ3n) is 4.39. The second-order valence-electron chi connectivity index (χ2n) is 6.16. The summed E-state index contributed by atoms with van der Waals surface area (Å²) in [4.78, 5) is 24.0. The maximum absolute atomic E-state index is 13.8. The first-order valence-corrected chi connectivity index (χ1v) is 8.26. The molecule has 0 saturated carbocycles. The van der Waals surface area contributed by atoms with Crippen molar-refractivity contribution in [2.24, 2.45) is 5.92 Å². The van der Waals surface area contributed by atoms with Gasteiger partial charge in [-0.1, -0.05) is 0 Å². The van der Waals surface area contributed by atoms with Crippen molar-refractivity contribution >= 4 is 12.0 Å². The molecule has 2 amide bonds. The van der Waals surface area contributed by atoms with E-state index in [4.69, 9.17) is 5.11 Å². The van der Waals surface area contributed by atoms with Crippen molar-refractivity contribution in [1.29, 1.82) is 0 Å². The number of amides is 2. The molecule has 1 aliphatic heterocycles. The maximum Gasteiger partial charge on any atom is 0.317 e. The standard InChI is InChI=1S/C17H22F2N2O4/c18-12-3-4-14(19)13(10-12)16(24)11-5-8-21(9-6-11)17(25)20-7-1-2-15(22)23/h3-4,10-11,16,24H,1-2,5-9H2,(H,20,25)(H,22,23). The quantitative estimate of drug-likeness (QED) is 0.682. The molecule has 1 saturated heterocycles. The molecule has 1 aromatic carbocycles. The van der Waals surface area contributed by atoms with Gasteiger partial charge in [-0.15, -0.1) is 0 Å². The van der Waals surface area contributed by atoms with Crippen molar-refractivity contribution in [2.45, 2.75) is 31.8 Å². The van der Waals surface area contributed by atoms with E-state index in [9.17, 15) is 23.5 Å². The molecule has 6 nitrogen and oxygen atoms in total. The topological polar surface area (TPSA) is 89.9 Å². The minimum absolute atomic E-state index is 0.00620. The number of urea groups is 1. The molecule has 1 fully saturated rings. The molecule has 0 aliphatic carbocycles. The van der Waals surface area contributed by atoms with Crippen LogP contribution in [-0.4, -0.2) is 46.7 Å². The Morgan fingerprint density at radius 1 is 1.28 bits per heavy atom. The Kier molecular flexibility index (Phi) is 6.69. The van der Waals surface area contributed by atoms with Crippen LogP contribution in [0.25, 0.3) is 0 Å². The van der Waals surface area contributed by atoms with Crippen molar-refractivity contribution in [3.8, 4) is 0 Å². The van der Waals surface area contributed by atoms with Crippen molar-refractivity contribution in [1.82, 2.24) is 10.2 Å². The molecule has 0 aromatic heterocycles. The van der Waals surface area contributed by atoms with E-state index in [1.165, 1.54) is 0 Å². The molecular weight excluding hydrogens is 334 g/mol. The fourth-order valence-electron chi connectivity index (χ4n) is 2.96. The number of nitrogens with one attached hydrogen (secondary N) is 1. The minimum atomic E-state index is -1.11. The minimum Gasteiger partial charge on any atom is -0.481 e. The maximum atomic E-state index is 13.8.